The Morgan fingerprint density at radius 3 is 2.41 bits per heavy atom. The van der Waals surface area contributed by atoms with Gasteiger partial charge < -0.3 is 14.6 Å². The van der Waals surface area contributed by atoms with Crippen LogP contribution in [-0.4, -0.2) is 56.8 Å². The lowest BCUT2D eigenvalue weighted by atomic mass is 9.89. The second-order valence-corrected chi connectivity index (χ2v) is 14.4. The van der Waals surface area contributed by atoms with Crippen molar-refractivity contribution in [3.8, 4) is 22.6 Å². The third-order valence-corrected chi connectivity index (χ3v) is 9.83. The number of benzene rings is 3. The van der Waals surface area contributed by atoms with E-state index in [1.807, 2.05) is 32.0 Å². The molecule has 0 saturated heterocycles. The van der Waals surface area contributed by atoms with E-state index in [4.69, 9.17) is 9.47 Å². The fourth-order valence-electron chi connectivity index (χ4n) is 6.61. The van der Waals surface area contributed by atoms with Crippen molar-refractivity contribution in [3.63, 3.8) is 0 Å². The molecule has 5 rings (SSSR count). The van der Waals surface area contributed by atoms with E-state index in [9.17, 15) is 36.3 Å². The molecule has 0 fully saturated rings. The lowest BCUT2D eigenvalue weighted by molar-refractivity contribution is -0.171. The molecule has 246 valence electrons. The number of aryl methyl sites for hydroxylation is 2. The van der Waals surface area contributed by atoms with Crippen molar-refractivity contribution in [1.29, 1.82) is 0 Å². The molecule has 1 aliphatic carbocycles. The van der Waals surface area contributed by atoms with Crippen molar-refractivity contribution in [3.05, 3.63) is 76.3 Å². The summed E-state index contributed by atoms with van der Waals surface area (Å²) in [6.45, 7) is 5.71. The van der Waals surface area contributed by atoms with Crippen LogP contribution in [0.15, 0.2) is 48.5 Å². The molecule has 0 radical (unpaired) electrons. The number of fused-ring (bicyclic) bond motifs is 2. The number of nitrogens with zero attached hydrogens (tertiary/aromatic N) is 1. The van der Waals surface area contributed by atoms with E-state index >= 15 is 0 Å². The largest absolute Gasteiger partial charge is 0.494 e. The van der Waals surface area contributed by atoms with Gasteiger partial charge >= 0.3 is 18.1 Å². The maximum absolute atomic E-state index is 14.1. The number of ether oxygens (including phenoxy) is 2. The lowest BCUT2D eigenvalue weighted by Gasteiger charge is -2.31. The molecule has 1 aliphatic heterocycles. The van der Waals surface area contributed by atoms with E-state index in [2.05, 4.69) is 0 Å². The van der Waals surface area contributed by atoms with Gasteiger partial charge in [0.05, 0.1) is 30.9 Å². The highest BCUT2D eigenvalue weighted by atomic mass is 32.2. The summed E-state index contributed by atoms with van der Waals surface area (Å²) in [7, 11) is -3.09. The maximum Gasteiger partial charge on any atom is 0.471 e. The molecule has 0 aromatic heterocycles. The summed E-state index contributed by atoms with van der Waals surface area (Å²) in [5, 5.41) is 9.47. The first-order valence-corrected chi connectivity index (χ1v) is 17.1. The average Bonchev–Trinajstić information content (AvgIpc) is 3.58. The first kappa shape index (κ1) is 33.3. The first-order valence-electron chi connectivity index (χ1n) is 15.0. The summed E-state index contributed by atoms with van der Waals surface area (Å²) in [4.78, 5) is 25.4. The lowest BCUT2D eigenvalue weighted by Crippen LogP contribution is -2.43. The molecule has 3 aromatic carbocycles. The number of amides is 1. The fraction of sp³-hybridized carbons (Fsp3) is 0.412. The van der Waals surface area contributed by atoms with Crippen molar-refractivity contribution in [2.45, 2.75) is 58.2 Å². The van der Waals surface area contributed by atoms with Crippen LogP contribution in [0.3, 0.4) is 0 Å². The topological polar surface area (TPSA) is 110 Å². The number of sulfone groups is 1. The summed E-state index contributed by atoms with van der Waals surface area (Å²) in [6, 6.07) is 12.7. The van der Waals surface area contributed by atoms with Gasteiger partial charge in [-0.05, 0) is 84.7 Å². The number of anilines is 1. The molecule has 0 bridgehead atoms. The van der Waals surface area contributed by atoms with E-state index in [-0.39, 0.29) is 36.8 Å². The first-order chi connectivity index (χ1) is 21.6. The van der Waals surface area contributed by atoms with Crippen LogP contribution >= 0.6 is 0 Å². The molecular formula is C34H36F3NO7S. The molecule has 8 nitrogen and oxygen atoms in total. The van der Waals surface area contributed by atoms with E-state index in [1.165, 1.54) is 18.4 Å². The number of carboxylic acid groups (broad SMARTS) is 1. The summed E-state index contributed by atoms with van der Waals surface area (Å²) in [5.41, 5.74) is 5.64. The molecule has 1 heterocycles. The van der Waals surface area contributed by atoms with Gasteiger partial charge in [-0.15, -0.1) is 0 Å². The van der Waals surface area contributed by atoms with E-state index < -0.39 is 45.8 Å². The van der Waals surface area contributed by atoms with Gasteiger partial charge in [0.25, 0.3) is 0 Å². The number of carboxylic acids is 1. The van der Waals surface area contributed by atoms with Gasteiger partial charge in [-0.1, -0.05) is 31.2 Å². The van der Waals surface area contributed by atoms with Crippen molar-refractivity contribution in [1.82, 2.24) is 0 Å². The number of halogens is 3. The van der Waals surface area contributed by atoms with Crippen LogP contribution in [0.1, 0.15) is 59.5 Å². The van der Waals surface area contributed by atoms with Crippen LogP contribution in [0.25, 0.3) is 11.1 Å². The highest BCUT2D eigenvalue weighted by Gasteiger charge is 2.47. The molecule has 12 heteroatoms. The fourth-order valence-corrected chi connectivity index (χ4v) is 7.25. The quantitative estimate of drug-likeness (QED) is 0.246. The van der Waals surface area contributed by atoms with Crippen LogP contribution < -0.4 is 14.4 Å². The van der Waals surface area contributed by atoms with Gasteiger partial charge in [0.1, 0.15) is 21.3 Å². The molecule has 46 heavy (non-hydrogen) atoms. The third-order valence-electron chi connectivity index (χ3n) is 8.80. The molecule has 0 spiro atoms. The molecule has 0 saturated carbocycles. The van der Waals surface area contributed by atoms with Gasteiger partial charge in [0.15, 0.2) is 0 Å². The molecule has 3 aromatic rings. The normalized spacial score (nSPS) is 18.0. The van der Waals surface area contributed by atoms with E-state index in [0.29, 0.717) is 29.7 Å². The Kier molecular flexibility index (Phi) is 9.14. The number of aliphatic carboxylic acids is 1. The molecule has 2 unspecified atom stereocenters. The zero-order chi connectivity index (χ0) is 33.6. The van der Waals surface area contributed by atoms with Gasteiger partial charge in [-0.2, -0.15) is 13.2 Å². The van der Waals surface area contributed by atoms with Crippen LogP contribution in [0.5, 0.6) is 11.5 Å². The predicted molar refractivity (Wildman–Crippen MR) is 167 cm³/mol. The highest BCUT2D eigenvalue weighted by Crippen LogP contribution is 2.47. The van der Waals surface area contributed by atoms with Gasteiger partial charge in [0.2, 0.25) is 0 Å². The standard InChI is InChI=1S/C34H36F3NO7S/c1-19-15-23(44-13-6-14-46(4,42)43)16-20(2)31(19)27-8-5-7-25-24(27)11-12-29(25)38(33(41)34(35,36)37)22-9-10-26-28(21(3)32(39)40)18-45-30(26)17-22/h5,7-10,15-17,21,28-29H,6,11-14,18H2,1-4H3,(H,39,40)/t21?,28-,29?/m0/s1. The highest BCUT2D eigenvalue weighted by molar-refractivity contribution is 7.90. The number of alkyl halides is 3. The monoisotopic (exact) mass is 659 g/mol. The minimum absolute atomic E-state index is 0.0250. The third kappa shape index (κ3) is 6.72. The van der Waals surface area contributed by atoms with E-state index in [1.54, 1.807) is 25.1 Å². The number of hydrogen-bond acceptors (Lipinski definition) is 6. The molecule has 1 amide bonds. The van der Waals surface area contributed by atoms with Gasteiger partial charge in [-0.3, -0.25) is 14.5 Å². The number of carbonyl (C=O) groups excluding carboxylic acids is 1. The van der Waals surface area contributed by atoms with Crippen LogP contribution in [0.2, 0.25) is 0 Å². The second-order valence-electron chi connectivity index (χ2n) is 12.1. The van der Waals surface area contributed by atoms with Crippen molar-refractivity contribution >= 4 is 27.4 Å². The van der Waals surface area contributed by atoms with Crippen LogP contribution in [-0.2, 0) is 25.8 Å². The molecule has 3 atom stereocenters. The van der Waals surface area contributed by atoms with E-state index in [0.717, 1.165) is 32.7 Å². The van der Waals surface area contributed by atoms with Crippen LogP contribution in [0, 0.1) is 19.8 Å². The Morgan fingerprint density at radius 1 is 1.09 bits per heavy atom. The van der Waals surface area contributed by atoms with Gasteiger partial charge in [0, 0.05) is 29.5 Å². The Balaban J connectivity index is 1.48. The summed E-state index contributed by atoms with van der Waals surface area (Å²) in [6.07, 6.45) is -2.88. The Labute approximate surface area is 266 Å². The molecule has 2 aliphatic rings. The number of carbonyl (C=O) groups is 2. The number of hydrogen-bond donors (Lipinski definition) is 1. The van der Waals surface area contributed by atoms with Crippen molar-refractivity contribution in [2.75, 3.05) is 30.1 Å². The summed E-state index contributed by atoms with van der Waals surface area (Å²) in [5.74, 6) is -3.32. The summed E-state index contributed by atoms with van der Waals surface area (Å²) >= 11 is 0. The Morgan fingerprint density at radius 2 is 1.78 bits per heavy atom. The summed E-state index contributed by atoms with van der Waals surface area (Å²) < 4.78 is 76.6. The second kappa shape index (κ2) is 12.6. The van der Waals surface area contributed by atoms with Crippen LogP contribution in [0.4, 0.5) is 18.9 Å². The van der Waals surface area contributed by atoms with Gasteiger partial charge in [-0.25, -0.2) is 8.42 Å². The molecule has 1 N–H and O–H groups in total. The Bertz CT molecular complexity index is 1760. The zero-order valence-electron chi connectivity index (χ0n) is 26.0. The maximum atomic E-state index is 14.1. The zero-order valence-corrected chi connectivity index (χ0v) is 26.8. The van der Waals surface area contributed by atoms with Crippen molar-refractivity contribution in [2.24, 2.45) is 5.92 Å². The SMILES string of the molecule is Cc1cc(OCCCS(C)(=O)=O)cc(C)c1-c1cccc2c1CCC2N(C(=O)C(F)(F)F)c1ccc2c(c1)OC[C@H]2C(C)C(=O)O. The molecular weight excluding hydrogens is 623 g/mol. The predicted octanol–water partition coefficient (Wildman–Crippen LogP) is 6.56. The average molecular weight is 660 g/mol. The number of rotatable bonds is 10. The smallest absolute Gasteiger partial charge is 0.471 e. The van der Waals surface area contributed by atoms with Crippen molar-refractivity contribution < 1.29 is 45.8 Å². The Hall–Kier alpha value is -4.06. The minimum Gasteiger partial charge on any atom is -0.494 e. The minimum atomic E-state index is -5.13.